The average Bonchev–Trinajstić information content (AvgIpc) is 3.71. The van der Waals surface area contributed by atoms with E-state index in [1.165, 1.54) is 25.0 Å². The number of benzene rings is 1. The highest BCUT2D eigenvalue weighted by atomic mass is 19.1. The Morgan fingerprint density at radius 1 is 0.950 bits per heavy atom. The van der Waals surface area contributed by atoms with Gasteiger partial charge in [0.1, 0.15) is 29.4 Å². The molecule has 0 saturated carbocycles. The maximum Gasteiger partial charge on any atom is 0.159 e. The second-order valence-corrected chi connectivity index (χ2v) is 10.2. The molecular weight excluding hydrogens is 507 g/mol. The second-order valence-electron chi connectivity index (χ2n) is 10.2. The van der Waals surface area contributed by atoms with Gasteiger partial charge in [-0.2, -0.15) is 5.10 Å². The molecule has 10 heteroatoms. The van der Waals surface area contributed by atoms with E-state index in [1.54, 1.807) is 24.8 Å². The van der Waals surface area contributed by atoms with Crippen LogP contribution in [0, 0.1) is 12.7 Å². The standard InChI is InChI=1S/C30H27FN8O/c1-18-10-19(12-21(31)11-18)27-29-24(4-5-33-27)35-30(36-29)28-23-14-25(34-17-26(23)37-38-28)20-13-22(16-32-15-20)40-9-8-39-6-2-3-7-39/h4-5,10-17H,2-3,6-9H2,1H3,(H,35,36)(H,37,38). The lowest BCUT2D eigenvalue weighted by Crippen LogP contribution is -2.25. The van der Waals surface area contributed by atoms with Crippen molar-refractivity contribution in [2.75, 3.05) is 26.2 Å². The summed E-state index contributed by atoms with van der Waals surface area (Å²) in [5, 5.41) is 8.45. The quantitative estimate of drug-likeness (QED) is 0.277. The number of aromatic nitrogens is 7. The van der Waals surface area contributed by atoms with E-state index in [4.69, 9.17) is 9.72 Å². The Morgan fingerprint density at radius 2 is 1.85 bits per heavy atom. The third-order valence-corrected chi connectivity index (χ3v) is 7.27. The summed E-state index contributed by atoms with van der Waals surface area (Å²) >= 11 is 0. The fourth-order valence-corrected chi connectivity index (χ4v) is 5.32. The molecule has 5 aromatic heterocycles. The number of aryl methyl sites for hydroxylation is 1. The van der Waals surface area contributed by atoms with Gasteiger partial charge in [-0.1, -0.05) is 0 Å². The van der Waals surface area contributed by atoms with Crippen molar-refractivity contribution >= 4 is 21.9 Å². The fourth-order valence-electron chi connectivity index (χ4n) is 5.32. The number of hydrogen-bond donors (Lipinski definition) is 2. The number of nitrogens with zero attached hydrogens (tertiary/aromatic N) is 6. The Balaban J connectivity index is 1.21. The summed E-state index contributed by atoms with van der Waals surface area (Å²) in [5.41, 5.74) is 6.58. The van der Waals surface area contributed by atoms with Crippen LogP contribution >= 0.6 is 0 Å². The van der Waals surface area contributed by atoms with Gasteiger partial charge in [-0.15, -0.1) is 0 Å². The molecule has 0 amide bonds. The molecule has 200 valence electrons. The topological polar surface area (TPSA) is 108 Å². The molecule has 2 N–H and O–H groups in total. The molecule has 0 spiro atoms. The van der Waals surface area contributed by atoms with Crippen molar-refractivity contribution in [1.82, 2.24) is 40.0 Å². The Kier molecular flexibility index (Phi) is 6.16. The maximum atomic E-state index is 14.2. The lowest BCUT2D eigenvalue weighted by atomic mass is 10.1. The molecule has 0 unspecified atom stereocenters. The SMILES string of the molecule is Cc1cc(F)cc(-c2nccc3[nH]c(-c4n[nH]c5cnc(-c6cncc(OCCN7CCCC7)c6)cc45)nc23)c1. The molecule has 0 aliphatic carbocycles. The highest BCUT2D eigenvalue weighted by molar-refractivity contribution is 5.96. The van der Waals surface area contributed by atoms with Crippen molar-refractivity contribution in [2.45, 2.75) is 19.8 Å². The summed E-state index contributed by atoms with van der Waals surface area (Å²) in [6, 6.07) is 10.7. The lowest BCUT2D eigenvalue weighted by molar-refractivity contribution is 0.237. The maximum absolute atomic E-state index is 14.2. The number of hydrogen-bond acceptors (Lipinski definition) is 7. The average molecular weight is 535 g/mol. The second kappa shape index (κ2) is 10.1. The van der Waals surface area contributed by atoms with Crippen molar-refractivity contribution in [3.63, 3.8) is 0 Å². The summed E-state index contributed by atoms with van der Waals surface area (Å²) in [5.74, 6) is 0.993. The minimum Gasteiger partial charge on any atom is -0.491 e. The first-order valence-electron chi connectivity index (χ1n) is 13.4. The first-order valence-corrected chi connectivity index (χ1v) is 13.4. The summed E-state index contributed by atoms with van der Waals surface area (Å²) in [6.07, 6.45) is 9.49. The largest absolute Gasteiger partial charge is 0.491 e. The highest BCUT2D eigenvalue weighted by Gasteiger charge is 2.18. The highest BCUT2D eigenvalue weighted by Crippen LogP contribution is 2.32. The first-order chi connectivity index (χ1) is 19.6. The summed E-state index contributed by atoms with van der Waals surface area (Å²) in [6.45, 7) is 5.69. The molecule has 6 aromatic rings. The van der Waals surface area contributed by atoms with Crippen molar-refractivity contribution in [2.24, 2.45) is 0 Å². The minimum absolute atomic E-state index is 0.307. The molecule has 0 atom stereocenters. The number of ether oxygens (including phenoxy) is 1. The molecule has 7 rings (SSSR count). The van der Waals surface area contributed by atoms with Crippen LogP contribution in [0.5, 0.6) is 5.75 Å². The predicted molar refractivity (Wildman–Crippen MR) is 151 cm³/mol. The van der Waals surface area contributed by atoms with Crippen LogP contribution in [0.2, 0.25) is 0 Å². The van der Waals surface area contributed by atoms with Crippen LogP contribution in [0.15, 0.2) is 61.2 Å². The van der Waals surface area contributed by atoms with Crippen LogP contribution in [0.1, 0.15) is 18.4 Å². The van der Waals surface area contributed by atoms with E-state index in [-0.39, 0.29) is 5.82 Å². The number of pyridine rings is 3. The Labute approximate surface area is 229 Å². The number of aromatic amines is 2. The zero-order valence-corrected chi connectivity index (χ0v) is 22.0. The van der Waals surface area contributed by atoms with Gasteiger partial charge in [0.25, 0.3) is 0 Å². The molecular formula is C30H27FN8O. The van der Waals surface area contributed by atoms with E-state index in [2.05, 4.69) is 35.0 Å². The molecule has 1 fully saturated rings. The van der Waals surface area contributed by atoms with Gasteiger partial charge in [-0.25, -0.2) is 9.37 Å². The van der Waals surface area contributed by atoms with Gasteiger partial charge in [0, 0.05) is 35.5 Å². The number of H-pyrrole nitrogens is 2. The number of likely N-dealkylation sites (tertiary alicyclic amines) is 1. The van der Waals surface area contributed by atoms with Gasteiger partial charge >= 0.3 is 0 Å². The zero-order chi connectivity index (χ0) is 27.1. The molecule has 0 radical (unpaired) electrons. The molecule has 1 aromatic carbocycles. The molecule has 1 aliphatic rings. The third kappa shape index (κ3) is 4.66. The first kappa shape index (κ1) is 24.3. The minimum atomic E-state index is -0.307. The Bertz CT molecular complexity index is 1820. The lowest BCUT2D eigenvalue weighted by Gasteiger charge is -2.15. The number of rotatable bonds is 7. The van der Waals surface area contributed by atoms with Crippen molar-refractivity contribution in [3.8, 4) is 39.8 Å². The van der Waals surface area contributed by atoms with Crippen molar-refractivity contribution < 1.29 is 9.13 Å². The summed E-state index contributed by atoms with van der Waals surface area (Å²) in [4.78, 5) is 24.2. The Hall–Kier alpha value is -4.70. The number of nitrogens with one attached hydrogen (secondary N) is 2. The normalized spacial score (nSPS) is 13.9. The van der Waals surface area contributed by atoms with E-state index < -0.39 is 0 Å². The monoisotopic (exact) mass is 534 g/mol. The van der Waals surface area contributed by atoms with E-state index in [9.17, 15) is 4.39 Å². The van der Waals surface area contributed by atoms with Crippen LogP contribution in [0.3, 0.4) is 0 Å². The molecule has 1 saturated heterocycles. The summed E-state index contributed by atoms with van der Waals surface area (Å²) < 4.78 is 20.2. The van der Waals surface area contributed by atoms with Crippen LogP contribution in [-0.4, -0.2) is 66.3 Å². The van der Waals surface area contributed by atoms with Gasteiger partial charge < -0.3 is 9.72 Å². The van der Waals surface area contributed by atoms with Gasteiger partial charge in [-0.05, 0) is 74.8 Å². The van der Waals surface area contributed by atoms with Crippen LogP contribution < -0.4 is 4.74 Å². The molecule has 1 aliphatic heterocycles. The van der Waals surface area contributed by atoms with Crippen LogP contribution in [0.25, 0.3) is 56.0 Å². The smallest absolute Gasteiger partial charge is 0.159 e. The Morgan fingerprint density at radius 3 is 2.73 bits per heavy atom. The summed E-state index contributed by atoms with van der Waals surface area (Å²) in [7, 11) is 0. The van der Waals surface area contributed by atoms with Crippen molar-refractivity contribution in [1.29, 1.82) is 0 Å². The zero-order valence-electron chi connectivity index (χ0n) is 22.0. The number of halogens is 1. The number of imidazole rings is 1. The number of fused-ring (bicyclic) bond motifs is 2. The van der Waals surface area contributed by atoms with E-state index in [0.717, 1.165) is 58.6 Å². The third-order valence-electron chi connectivity index (χ3n) is 7.27. The van der Waals surface area contributed by atoms with E-state index in [1.807, 2.05) is 31.2 Å². The van der Waals surface area contributed by atoms with Crippen LogP contribution in [0.4, 0.5) is 4.39 Å². The van der Waals surface area contributed by atoms with Crippen LogP contribution in [-0.2, 0) is 0 Å². The fraction of sp³-hybridized carbons (Fsp3) is 0.233. The van der Waals surface area contributed by atoms with Gasteiger partial charge in [0.15, 0.2) is 5.82 Å². The van der Waals surface area contributed by atoms with Gasteiger partial charge in [0.2, 0.25) is 0 Å². The van der Waals surface area contributed by atoms with Crippen molar-refractivity contribution in [3.05, 3.63) is 72.6 Å². The van der Waals surface area contributed by atoms with Gasteiger partial charge in [-0.3, -0.25) is 25.0 Å². The molecule has 40 heavy (non-hydrogen) atoms. The van der Waals surface area contributed by atoms with E-state index in [0.29, 0.717) is 34.9 Å². The molecule has 9 nitrogen and oxygen atoms in total. The van der Waals surface area contributed by atoms with Gasteiger partial charge in [0.05, 0.1) is 34.8 Å². The molecule has 6 heterocycles. The molecule has 0 bridgehead atoms. The predicted octanol–water partition coefficient (Wildman–Crippen LogP) is 5.55. The van der Waals surface area contributed by atoms with E-state index >= 15 is 0 Å².